The fourth-order valence-corrected chi connectivity index (χ4v) is 3.61. The van der Waals surface area contributed by atoms with E-state index in [1.165, 1.54) is 18.3 Å². The summed E-state index contributed by atoms with van der Waals surface area (Å²) in [5, 5.41) is 12.2. The first kappa shape index (κ1) is 23.5. The van der Waals surface area contributed by atoms with Gasteiger partial charge >= 0.3 is 12.2 Å². The van der Waals surface area contributed by atoms with Crippen LogP contribution in [0.4, 0.5) is 19.7 Å². The van der Waals surface area contributed by atoms with Gasteiger partial charge in [-0.05, 0) is 41.5 Å². The van der Waals surface area contributed by atoms with Crippen molar-refractivity contribution in [1.82, 2.24) is 9.97 Å². The zero-order chi connectivity index (χ0) is 25.8. The first-order valence-electron chi connectivity index (χ1n) is 11.0. The summed E-state index contributed by atoms with van der Waals surface area (Å²) >= 11 is 0. The van der Waals surface area contributed by atoms with Gasteiger partial charge in [-0.25, -0.2) is 19.0 Å². The number of furan rings is 1. The van der Waals surface area contributed by atoms with Crippen LogP contribution in [-0.2, 0) is 11.3 Å². The van der Waals surface area contributed by atoms with E-state index in [9.17, 15) is 14.0 Å². The Morgan fingerprint density at radius 2 is 1.70 bits per heavy atom. The van der Waals surface area contributed by atoms with Crippen LogP contribution in [0.15, 0.2) is 89.5 Å². The number of aromatic nitrogens is 2. The van der Waals surface area contributed by atoms with Crippen LogP contribution in [0.1, 0.15) is 5.76 Å². The summed E-state index contributed by atoms with van der Waals surface area (Å²) in [5.74, 6) is -0.0568. The molecule has 2 heterocycles. The first-order chi connectivity index (χ1) is 17.9. The Bertz CT molecular complexity index is 1590. The Morgan fingerprint density at radius 3 is 2.46 bits per heavy atom. The van der Waals surface area contributed by atoms with E-state index in [4.69, 9.17) is 19.0 Å². The molecule has 5 rings (SSSR count). The van der Waals surface area contributed by atoms with Crippen molar-refractivity contribution < 1.29 is 33.0 Å². The number of benzene rings is 3. The molecule has 2 aromatic heterocycles. The molecule has 0 unspecified atom stereocenters. The van der Waals surface area contributed by atoms with Crippen LogP contribution < -0.4 is 10.1 Å². The van der Waals surface area contributed by atoms with Gasteiger partial charge in [-0.2, -0.15) is 4.98 Å². The molecule has 0 bridgehead atoms. The fraction of sp³-hybridized carbons (Fsp3) is 0.0370. The van der Waals surface area contributed by atoms with Gasteiger partial charge in [0.1, 0.15) is 22.8 Å². The highest BCUT2D eigenvalue weighted by Gasteiger charge is 2.17. The average Bonchev–Trinajstić information content (AvgIpc) is 3.31. The third-order valence-electron chi connectivity index (χ3n) is 5.30. The Morgan fingerprint density at radius 1 is 0.946 bits per heavy atom. The molecule has 37 heavy (non-hydrogen) atoms. The molecule has 184 valence electrons. The Kier molecular flexibility index (Phi) is 6.45. The summed E-state index contributed by atoms with van der Waals surface area (Å²) < 4.78 is 28.9. The molecule has 5 aromatic rings. The molecule has 0 atom stereocenters. The van der Waals surface area contributed by atoms with Crippen molar-refractivity contribution in [2.24, 2.45) is 0 Å². The summed E-state index contributed by atoms with van der Waals surface area (Å²) in [6, 6.07) is 22.3. The minimum atomic E-state index is -1.60. The Balaban J connectivity index is 1.28. The number of amides is 1. The summed E-state index contributed by atoms with van der Waals surface area (Å²) in [6.45, 7) is -0.190. The number of carbonyl (C=O) groups excluding carboxylic acids is 1. The summed E-state index contributed by atoms with van der Waals surface area (Å²) in [6.07, 6.45) is -1.26. The number of nitrogens with zero attached hydrogens (tertiary/aromatic N) is 2. The maximum absolute atomic E-state index is 13.2. The van der Waals surface area contributed by atoms with Crippen LogP contribution in [0, 0.1) is 5.82 Å². The van der Waals surface area contributed by atoms with E-state index >= 15 is 0 Å². The molecule has 0 saturated carbocycles. The molecular weight excluding hydrogens is 481 g/mol. The van der Waals surface area contributed by atoms with Crippen LogP contribution in [-0.4, -0.2) is 27.3 Å². The quantitative estimate of drug-likeness (QED) is 0.254. The number of fused-ring (bicyclic) bond motifs is 1. The van der Waals surface area contributed by atoms with Gasteiger partial charge in [-0.1, -0.05) is 48.5 Å². The lowest BCUT2D eigenvalue weighted by atomic mass is 10.0. The van der Waals surface area contributed by atoms with E-state index in [0.717, 1.165) is 16.5 Å². The summed E-state index contributed by atoms with van der Waals surface area (Å²) in [4.78, 5) is 31.8. The highest BCUT2D eigenvalue weighted by molar-refractivity contribution is 5.87. The lowest BCUT2D eigenvalue weighted by Gasteiger charge is -2.10. The van der Waals surface area contributed by atoms with Crippen LogP contribution in [0.5, 0.6) is 5.88 Å². The van der Waals surface area contributed by atoms with E-state index in [0.29, 0.717) is 16.9 Å². The molecule has 0 spiro atoms. The minimum Gasteiger partial charge on any atom is -0.457 e. The smallest absolute Gasteiger partial charge is 0.457 e. The van der Waals surface area contributed by atoms with E-state index in [2.05, 4.69) is 15.3 Å². The second-order valence-electron chi connectivity index (χ2n) is 7.82. The maximum atomic E-state index is 13.2. The van der Waals surface area contributed by atoms with E-state index in [1.807, 2.05) is 18.2 Å². The van der Waals surface area contributed by atoms with Gasteiger partial charge in [-0.3, -0.25) is 5.32 Å². The van der Waals surface area contributed by atoms with E-state index in [-0.39, 0.29) is 29.8 Å². The number of ether oxygens (including phenoxy) is 2. The summed E-state index contributed by atoms with van der Waals surface area (Å²) in [7, 11) is 0. The Labute approximate surface area is 209 Å². The van der Waals surface area contributed by atoms with Crippen LogP contribution in [0.25, 0.3) is 33.5 Å². The minimum absolute atomic E-state index is 0.0828. The summed E-state index contributed by atoms with van der Waals surface area (Å²) in [5.41, 5.74) is 2.87. The second-order valence-corrected chi connectivity index (χ2v) is 7.82. The zero-order valence-electron chi connectivity index (χ0n) is 19.1. The SMILES string of the molecule is O=C(O)Oc1nc(-c2ccccc2)ncc1NC(=O)OCc1cc2cc(-c3ccc(F)cc3)ccc2o1. The van der Waals surface area contributed by atoms with Crippen molar-refractivity contribution >= 4 is 28.9 Å². The van der Waals surface area contributed by atoms with Crippen LogP contribution in [0.3, 0.4) is 0 Å². The van der Waals surface area contributed by atoms with Gasteiger partial charge in [0.15, 0.2) is 12.4 Å². The van der Waals surface area contributed by atoms with Gasteiger partial charge in [0.2, 0.25) is 0 Å². The van der Waals surface area contributed by atoms with Gasteiger partial charge < -0.3 is 19.0 Å². The third-order valence-corrected chi connectivity index (χ3v) is 5.30. The molecule has 0 fully saturated rings. The van der Waals surface area contributed by atoms with Crippen molar-refractivity contribution in [2.45, 2.75) is 6.61 Å². The largest absolute Gasteiger partial charge is 0.512 e. The standard InChI is InChI=1S/C27H18FN3O6/c28-20-9-6-16(7-10-20)18-8-11-23-19(12-18)13-21(36-23)15-35-26(32)30-22-14-29-24(17-4-2-1-3-5-17)31-25(22)37-27(33)34/h1-14H,15H2,(H,30,32)(H,33,34). The lowest BCUT2D eigenvalue weighted by molar-refractivity contribution is 0.141. The van der Waals surface area contributed by atoms with Crippen molar-refractivity contribution in [3.05, 3.63) is 96.6 Å². The molecule has 9 nitrogen and oxygen atoms in total. The number of carbonyl (C=O) groups is 2. The van der Waals surface area contributed by atoms with Crippen molar-refractivity contribution in [1.29, 1.82) is 0 Å². The molecule has 0 aliphatic carbocycles. The third kappa shape index (κ3) is 5.54. The van der Waals surface area contributed by atoms with Gasteiger partial charge in [0.25, 0.3) is 5.88 Å². The normalized spacial score (nSPS) is 10.7. The van der Waals surface area contributed by atoms with Gasteiger partial charge in [0, 0.05) is 10.9 Å². The number of hydrogen-bond donors (Lipinski definition) is 2. The number of rotatable bonds is 6. The maximum Gasteiger partial charge on any atom is 0.512 e. The molecule has 0 radical (unpaired) electrons. The van der Waals surface area contributed by atoms with E-state index in [1.54, 1.807) is 48.5 Å². The molecule has 3 aromatic carbocycles. The molecule has 2 N–H and O–H groups in total. The molecule has 0 aliphatic heterocycles. The second kappa shape index (κ2) is 10.2. The van der Waals surface area contributed by atoms with E-state index < -0.39 is 12.2 Å². The number of anilines is 1. The molecular formula is C27H18FN3O6. The Hall–Kier alpha value is -5.25. The number of carboxylic acid groups (broad SMARTS) is 1. The van der Waals surface area contributed by atoms with Crippen LogP contribution in [0.2, 0.25) is 0 Å². The topological polar surface area (TPSA) is 124 Å². The average molecular weight is 499 g/mol. The predicted octanol–water partition coefficient (Wildman–Crippen LogP) is 6.50. The van der Waals surface area contributed by atoms with Crippen molar-refractivity contribution in [3.63, 3.8) is 0 Å². The number of nitrogens with one attached hydrogen (secondary N) is 1. The van der Waals surface area contributed by atoms with Crippen molar-refractivity contribution in [3.8, 4) is 28.4 Å². The van der Waals surface area contributed by atoms with Gasteiger partial charge in [-0.15, -0.1) is 0 Å². The number of halogens is 1. The number of hydrogen-bond acceptors (Lipinski definition) is 7. The monoisotopic (exact) mass is 499 g/mol. The fourth-order valence-electron chi connectivity index (χ4n) is 3.61. The van der Waals surface area contributed by atoms with Crippen LogP contribution >= 0.6 is 0 Å². The van der Waals surface area contributed by atoms with Crippen molar-refractivity contribution in [2.75, 3.05) is 5.32 Å². The zero-order valence-corrected chi connectivity index (χ0v) is 19.1. The molecule has 0 aliphatic rings. The predicted molar refractivity (Wildman–Crippen MR) is 132 cm³/mol. The van der Waals surface area contributed by atoms with Gasteiger partial charge in [0.05, 0.1) is 6.20 Å². The molecule has 10 heteroatoms. The molecule has 1 amide bonds. The highest BCUT2D eigenvalue weighted by Crippen LogP contribution is 2.28. The highest BCUT2D eigenvalue weighted by atomic mass is 19.1. The lowest BCUT2D eigenvalue weighted by Crippen LogP contribution is -2.16. The molecule has 0 saturated heterocycles. The first-order valence-corrected chi connectivity index (χ1v) is 11.0.